The number of carbonyl (C=O) groups excluding carboxylic acids is 1. The van der Waals surface area contributed by atoms with Gasteiger partial charge in [0, 0.05) is 36.0 Å². The van der Waals surface area contributed by atoms with Crippen LogP contribution in [0.5, 0.6) is 0 Å². The van der Waals surface area contributed by atoms with Gasteiger partial charge >= 0.3 is 0 Å². The average Bonchev–Trinajstić information content (AvgIpc) is 3.01. The van der Waals surface area contributed by atoms with E-state index in [4.69, 9.17) is 4.74 Å². The Morgan fingerprint density at radius 2 is 1.86 bits per heavy atom. The molecule has 1 aromatic carbocycles. The molecule has 144 valence electrons. The van der Waals surface area contributed by atoms with Gasteiger partial charge < -0.3 is 10.1 Å². The van der Waals surface area contributed by atoms with Crippen LogP contribution in [0.1, 0.15) is 10.4 Å². The Bertz CT molecular complexity index is 1120. The zero-order chi connectivity index (χ0) is 19.7. The van der Waals surface area contributed by atoms with Crippen molar-refractivity contribution in [2.24, 2.45) is 0 Å². The predicted molar refractivity (Wildman–Crippen MR) is 106 cm³/mol. The third-order valence-corrected chi connectivity index (χ3v) is 6.57. The van der Waals surface area contributed by atoms with Gasteiger partial charge in [0.25, 0.3) is 5.91 Å². The van der Waals surface area contributed by atoms with Crippen molar-refractivity contribution in [3.05, 3.63) is 60.4 Å². The van der Waals surface area contributed by atoms with E-state index in [0.29, 0.717) is 5.56 Å². The van der Waals surface area contributed by atoms with Gasteiger partial charge in [0.15, 0.2) is 9.84 Å². The highest BCUT2D eigenvalue weighted by molar-refractivity contribution is 7.91. The molecule has 1 amide bonds. The SMILES string of the molecule is CO[C@@H]1CS(=O)(=O)C[C@H]1NC(=O)c1ccc(-c2nccc3ncccc23)cc1. The van der Waals surface area contributed by atoms with Gasteiger partial charge in [-0.15, -0.1) is 0 Å². The van der Waals surface area contributed by atoms with Gasteiger partial charge in [-0.25, -0.2) is 8.42 Å². The molecule has 0 spiro atoms. The van der Waals surface area contributed by atoms with E-state index >= 15 is 0 Å². The van der Waals surface area contributed by atoms with Gasteiger partial charge in [0.2, 0.25) is 0 Å². The van der Waals surface area contributed by atoms with Crippen molar-refractivity contribution in [1.29, 1.82) is 0 Å². The number of carbonyl (C=O) groups is 1. The number of rotatable bonds is 4. The van der Waals surface area contributed by atoms with Crippen molar-refractivity contribution in [2.75, 3.05) is 18.6 Å². The van der Waals surface area contributed by atoms with E-state index in [9.17, 15) is 13.2 Å². The highest BCUT2D eigenvalue weighted by Crippen LogP contribution is 2.25. The molecule has 1 saturated heterocycles. The van der Waals surface area contributed by atoms with Crippen LogP contribution in [0.25, 0.3) is 22.2 Å². The lowest BCUT2D eigenvalue weighted by molar-refractivity contribution is 0.0786. The summed E-state index contributed by atoms with van der Waals surface area (Å²) in [7, 11) is -1.75. The number of hydrogen-bond acceptors (Lipinski definition) is 6. The van der Waals surface area contributed by atoms with Crippen LogP contribution in [0.2, 0.25) is 0 Å². The van der Waals surface area contributed by atoms with Crippen LogP contribution in [0, 0.1) is 0 Å². The summed E-state index contributed by atoms with van der Waals surface area (Å²) in [6, 6.07) is 12.2. The van der Waals surface area contributed by atoms with Crippen molar-refractivity contribution in [3.8, 4) is 11.3 Å². The number of pyridine rings is 2. The first-order valence-corrected chi connectivity index (χ1v) is 10.6. The summed E-state index contributed by atoms with van der Waals surface area (Å²) in [6.07, 6.45) is 2.91. The number of amides is 1. The normalized spacial score (nSPS) is 20.9. The van der Waals surface area contributed by atoms with E-state index in [1.54, 1.807) is 24.5 Å². The lowest BCUT2D eigenvalue weighted by atomic mass is 10.0. The first-order valence-electron chi connectivity index (χ1n) is 8.81. The summed E-state index contributed by atoms with van der Waals surface area (Å²) in [5.41, 5.74) is 2.95. The van der Waals surface area contributed by atoms with Crippen LogP contribution in [0.15, 0.2) is 54.9 Å². The Hall–Kier alpha value is -2.84. The maximum atomic E-state index is 12.5. The minimum Gasteiger partial charge on any atom is -0.378 e. The molecule has 2 atom stereocenters. The van der Waals surface area contributed by atoms with Crippen LogP contribution in [-0.2, 0) is 14.6 Å². The van der Waals surface area contributed by atoms with Gasteiger partial charge in [0.05, 0.1) is 34.9 Å². The van der Waals surface area contributed by atoms with Gasteiger partial charge in [-0.05, 0) is 30.3 Å². The number of methoxy groups -OCH3 is 1. The highest BCUT2D eigenvalue weighted by atomic mass is 32.2. The van der Waals surface area contributed by atoms with Gasteiger partial charge in [-0.3, -0.25) is 14.8 Å². The molecule has 7 nitrogen and oxygen atoms in total. The smallest absolute Gasteiger partial charge is 0.251 e. The molecular formula is C20H19N3O4S. The number of sulfone groups is 1. The molecule has 0 saturated carbocycles. The lowest BCUT2D eigenvalue weighted by Crippen LogP contribution is -2.43. The first-order chi connectivity index (χ1) is 13.5. The number of fused-ring (bicyclic) bond motifs is 1. The van der Waals surface area contributed by atoms with E-state index < -0.39 is 22.0 Å². The summed E-state index contributed by atoms with van der Waals surface area (Å²) >= 11 is 0. The van der Waals surface area contributed by atoms with Crippen molar-refractivity contribution < 1.29 is 17.9 Å². The summed E-state index contributed by atoms with van der Waals surface area (Å²) in [4.78, 5) is 21.3. The summed E-state index contributed by atoms with van der Waals surface area (Å²) in [6.45, 7) is 0. The fraction of sp³-hybridized carbons (Fsp3) is 0.250. The van der Waals surface area contributed by atoms with Crippen molar-refractivity contribution in [2.45, 2.75) is 12.1 Å². The van der Waals surface area contributed by atoms with E-state index in [-0.39, 0.29) is 17.4 Å². The molecule has 1 fully saturated rings. The second-order valence-corrected chi connectivity index (χ2v) is 8.89. The number of aromatic nitrogens is 2. The Kier molecular flexibility index (Phi) is 4.82. The van der Waals surface area contributed by atoms with Crippen molar-refractivity contribution >= 4 is 26.6 Å². The number of nitrogens with one attached hydrogen (secondary N) is 1. The summed E-state index contributed by atoms with van der Waals surface area (Å²) < 4.78 is 28.8. The maximum Gasteiger partial charge on any atom is 0.251 e. The molecule has 4 rings (SSSR count). The quantitative estimate of drug-likeness (QED) is 0.721. The second-order valence-electron chi connectivity index (χ2n) is 6.74. The standard InChI is InChI=1S/C20H19N3O4S/c1-27-18-12-28(25,26)11-17(18)23-20(24)14-6-4-13(5-7-14)19-15-3-2-9-21-16(15)8-10-22-19/h2-10,17-18H,11-12H2,1H3,(H,23,24)/t17-,18-/m1/s1. The Morgan fingerprint density at radius 3 is 2.61 bits per heavy atom. The zero-order valence-electron chi connectivity index (χ0n) is 15.2. The topological polar surface area (TPSA) is 98.2 Å². The number of ether oxygens (including phenoxy) is 1. The first kappa shape index (κ1) is 18.5. The van der Waals surface area contributed by atoms with Crippen LogP contribution < -0.4 is 5.32 Å². The number of hydrogen-bond donors (Lipinski definition) is 1. The maximum absolute atomic E-state index is 12.5. The van der Waals surface area contributed by atoms with Crippen LogP contribution in [0.3, 0.4) is 0 Å². The highest BCUT2D eigenvalue weighted by Gasteiger charge is 2.38. The predicted octanol–water partition coefficient (Wildman–Crippen LogP) is 1.84. The van der Waals surface area contributed by atoms with Crippen LogP contribution >= 0.6 is 0 Å². The molecule has 1 aliphatic heterocycles. The lowest BCUT2D eigenvalue weighted by Gasteiger charge is -2.18. The van der Waals surface area contributed by atoms with Crippen molar-refractivity contribution in [1.82, 2.24) is 15.3 Å². The zero-order valence-corrected chi connectivity index (χ0v) is 16.0. The molecule has 8 heteroatoms. The fourth-order valence-electron chi connectivity index (χ4n) is 3.45. The van der Waals surface area contributed by atoms with Crippen LogP contribution in [0.4, 0.5) is 0 Å². The fourth-order valence-corrected chi connectivity index (χ4v) is 5.30. The number of nitrogens with zero attached hydrogens (tertiary/aromatic N) is 2. The molecule has 3 aromatic rings. The van der Waals surface area contributed by atoms with E-state index in [0.717, 1.165) is 22.2 Å². The van der Waals surface area contributed by atoms with Gasteiger partial charge in [-0.1, -0.05) is 12.1 Å². The molecule has 0 bridgehead atoms. The van der Waals surface area contributed by atoms with Gasteiger partial charge in [-0.2, -0.15) is 0 Å². The molecule has 0 radical (unpaired) electrons. The molecule has 0 unspecified atom stereocenters. The Morgan fingerprint density at radius 1 is 1.07 bits per heavy atom. The molecule has 2 aromatic heterocycles. The third kappa shape index (κ3) is 3.61. The molecular weight excluding hydrogens is 378 g/mol. The monoisotopic (exact) mass is 397 g/mol. The summed E-state index contributed by atoms with van der Waals surface area (Å²) in [5.74, 6) is -0.514. The number of benzene rings is 1. The molecule has 3 heterocycles. The molecule has 28 heavy (non-hydrogen) atoms. The minimum atomic E-state index is -3.20. The molecule has 1 aliphatic rings. The van der Waals surface area contributed by atoms with Crippen LogP contribution in [-0.4, -0.2) is 55.1 Å². The van der Waals surface area contributed by atoms with E-state index in [2.05, 4.69) is 15.3 Å². The van der Waals surface area contributed by atoms with E-state index in [1.807, 2.05) is 30.3 Å². The molecule has 1 N–H and O–H groups in total. The van der Waals surface area contributed by atoms with Crippen molar-refractivity contribution in [3.63, 3.8) is 0 Å². The third-order valence-electron chi connectivity index (χ3n) is 4.87. The average molecular weight is 397 g/mol. The Labute approximate surface area is 162 Å². The largest absolute Gasteiger partial charge is 0.378 e. The Balaban J connectivity index is 1.55. The minimum absolute atomic E-state index is 0.0752. The molecule has 0 aliphatic carbocycles. The van der Waals surface area contributed by atoms with E-state index in [1.165, 1.54) is 7.11 Å². The van der Waals surface area contributed by atoms with Gasteiger partial charge in [0.1, 0.15) is 0 Å². The summed E-state index contributed by atoms with van der Waals surface area (Å²) in [5, 5.41) is 3.70. The second kappa shape index (κ2) is 7.29.